The van der Waals surface area contributed by atoms with Gasteiger partial charge in [0.15, 0.2) is 6.10 Å². The lowest BCUT2D eigenvalue weighted by atomic mass is 10.2. The summed E-state index contributed by atoms with van der Waals surface area (Å²) >= 11 is 0. The Morgan fingerprint density at radius 3 is 2.56 bits per heavy atom. The van der Waals surface area contributed by atoms with Gasteiger partial charge in [0, 0.05) is 7.05 Å². The van der Waals surface area contributed by atoms with Gasteiger partial charge in [-0.05, 0) is 31.5 Å². The van der Waals surface area contributed by atoms with Gasteiger partial charge in [0.05, 0.1) is 0 Å². The van der Waals surface area contributed by atoms with Crippen LogP contribution in [0.25, 0.3) is 0 Å². The van der Waals surface area contributed by atoms with Gasteiger partial charge in [-0.3, -0.25) is 4.79 Å². The molecule has 0 bridgehead atoms. The van der Waals surface area contributed by atoms with Crippen molar-refractivity contribution in [2.75, 3.05) is 7.05 Å². The first-order valence-electron chi connectivity index (χ1n) is 5.27. The molecule has 18 heavy (non-hydrogen) atoms. The SMILES string of the molecule is CNC(=O)C(C)Oc1ccc(C)cc1S(N)(=O)=O. The molecule has 0 saturated carbocycles. The Labute approximate surface area is 106 Å². The summed E-state index contributed by atoms with van der Waals surface area (Å²) in [5, 5.41) is 7.51. The molecule has 0 saturated heterocycles. The van der Waals surface area contributed by atoms with Crippen LogP contribution >= 0.6 is 0 Å². The number of sulfonamides is 1. The topological polar surface area (TPSA) is 98.5 Å². The van der Waals surface area contributed by atoms with Crippen LogP contribution in [0.15, 0.2) is 23.1 Å². The van der Waals surface area contributed by atoms with Gasteiger partial charge in [-0.1, -0.05) is 6.07 Å². The number of rotatable bonds is 4. The third-order valence-electron chi connectivity index (χ3n) is 2.33. The van der Waals surface area contributed by atoms with E-state index in [9.17, 15) is 13.2 Å². The lowest BCUT2D eigenvalue weighted by Gasteiger charge is -2.15. The van der Waals surface area contributed by atoms with Crippen molar-refractivity contribution in [1.29, 1.82) is 0 Å². The molecule has 0 spiro atoms. The Balaban J connectivity index is 3.14. The number of aryl methyl sites for hydroxylation is 1. The predicted octanol–water partition coefficient (Wildman–Crippen LogP) is 0.156. The molecule has 3 N–H and O–H groups in total. The summed E-state index contributed by atoms with van der Waals surface area (Å²) in [6.07, 6.45) is -0.807. The molecule has 0 aromatic heterocycles. The lowest BCUT2D eigenvalue weighted by Crippen LogP contribution is -2.34. The first-order valence-corrected chi connectivity index (χ1v) is 6.82. The molecule has 1 atom stereocenters. The van der Waals surface area contributed by atoms with Crippen LogP contribution in [0.2, 0.25) is 0 Å². The van der Waals surface area contributed by atoms with Crippen LogP contribution in [-0.4, -0.2) is 27.5 Å². The van der Waals surface area contributed by atoms with Crippen LogP contribution in [0.4, 0.5) is 0 Å². The number of hydrogen-bond donors (Lipinski definition) is 2. The fourth-order valence-electron chi connectivity index (χ4n) is 1.38. The number of benzene rings is 1. The van der Waals surface area contributed by atoms with E-state index in [4.69, 9.17) is 9.88 Å². The van der Waals surface area contributed by atoms with Gasteiger partial charge in [-0.15, -0.1) is 0 Å². The molecule has 1 aromatic rings. The van der Waals surface area contributed by atoms with Crippen molar-refractivity contribution in [3.63, 3.8) is 0 Å². The minimum atomic E-state index is -3.89. The molecule has 6 nitrogen and oxygen atoms in total. The third kappa shape index (κ3) is 3.44. The van der Waals surface area contributed by atoms with Crippen molar-refractivity contribution in [3.8, 4) is 5.75 Å². The van der Waals surface area contributed by atoms with Gasteiger partial charge in [0.2, 0.25) is 10.0 Å². The van der Waals surface area contributed by atoms with E-state index in [1.165, 1.54) is 26.1 Å². The summed E-state index contributed by atoms with van der Waals surface area (Å²) in [7, 11) is -2.42. The number of amides is 1. The minimum absolute atomic E-state index is 0.0687. The summed E-state index contributed by atoms with van der Waals surface area (Å²) in [5.74, 6) is -0.282. The molecule has 0 aliphatic carbocycles. The summed E-state index contributed by atoms with van der Waals surface area (Å²) in [4.78, 5) is 11.2. The molecule has 0 fully saturated rings. The van der Waals surface area contributed by atoms with Crippen molar-refractivity contribution in [1.82, 2.24) is 5.32 Å². The quantitative estimate of drug-likeness (QED) is 0.815. The highest BCUT2D eigenvalue weighted by Gasteiger charge is 2.19. The Morgan fingerprint density at radius 1 is 1.44 bits per heavy atom. The summed E-state index contributed by atoms with van der Waals surface area (Å²) in [6, 6.07) is 4.57. The van der Waals surface area contributed by atoms with E-state index in [1.54, 1.807) is 13.0 Å². The van der Waals surface area contributed by atoms with Gasteiger partial charge < -0.3 is 10.1 Å². The number of carbonyl (C=O) groups excluding carboxylic acids is 1. The number of primary sulfonamides is 1. The molecular formula is C11H16N2O4S. The average molecular weight is 272 g/mol. The van der Waals surface area contributed by atoms with Crippen molar-refractivity contribution in [2.24, 2.45) is 5.14 Å². The average Bonchev–Trinajstić information content (AvgIpc) is 2.28. The number of likely N-dealkylation sites (N-methyl/N-ethyl adjacent to an activating group) is 1. The zero-order valence-electron chi connectivity index (χ0n) is 10.4. The van der Waals surface area contributed by atoms with Gasteiger partial charge in [-0.2, -0.15) is 0 Å². The van der Waals surface area contributed by atoms with Gasteiger partial charge >= 0.3 is 0 Å². The van der Waals surface area contributed by atoms with Crippen molar-refractivity contribution < 1.29 is 17.9 Å². The van der Waals surface area contributed by atoms with Crippen molar-refractivity contribution in [3.05, 3.63) is 23.8 Å². The highest BCUT2D eigenvalue weighted by atomic mass is 32.2. The molecule has 0 aliphatic rings. The Hall–Kier alpha value is -1.60. The van der Waals surface area contributed by atoms with Gasteiger partial charge in [0.1, 0.15) is 10.6 Å². The lowest BCUT2D eigenvalue weighted by molar-refractivity contribution is -0.126. The van der Waals surface area contributed by atoms with E-state index in [0.29, 0.717) is 0 Å². The van der Waals surface area contributed by atoms with Crippen LogP contribution in [0, 0.1) is 6.92 Å². The maximum atomic E-state index is 11.4. The Morgan fingerprint density at radius 2 is 2.06 bits per heavy atom. The third-order valence-corrected chi connectivity index (χ3v) is 3.26. The summed E-state index contributed by atoms with van der Waals surface area (Å²) in [6.45, 7) is 3.26. The fourth-order valence-corrected chi connectivity index (χ4v) is 2.13. The number of nitrogens with one attached hydrogen (secondary N) is 1. The van der Waals surface area contributed by atoms with Gasteiger partial charge in [0.25, 0.3) is 5.91 Å². The Kier molecular flexibility index (Phi) is 4.31. The smallest absolute Gasteiger partial charge is 0.260 e. The molecule has 1 amide bonds. The minimum Gasteiger partial charge on any atom is -0.479 e. The first kappa shape index (κ1) is 14.5. The van der Waals surface area contributed by atoms with Gasteiger partial charge in [-0.25, -0.2) is 13.6 Å². The fraction of sp³-hybridized carbons (Fsp3) is 0.364. The molecular weight excluding hydrogens is 256 g/mol. The van der Waals surface area contributed by atoms with Crippen LogP contribution in [0.3, 0.4) is 0 Å². The zero-order chi connectivity index (χ0) is 13.9. The largest absolute Gasteiger partial charge is 0.479 e. The molecule has 0 heterocycles. The predicted molar refractivity (Wildman–Crippen MR) is 66.7 cm³/mol. The first-order chi connectivity index (χ1) is 8.25. The molecule has 1 aromatic carbocycles. The van der Waals surface area contributed by atoms with E-state index in [1.807, 2.05) is 0 Å². The number of nitrogens with two attached hydrogens (primary N) is 1. The monoisotopic (exact) mass is 272 g/mol. The highest BCUT2D eigenvalue weighted by molar-refractivity contribution is 7.89. The molecule has 1 rings (SSSR count). The Bertz CT molecular complexity index is 554. The van der Waals surface area contributed by atoms with Crippen molar-refractivity contribution in [2.45, 2.75) is 24.8 Å². The van der Waals surface area contributed by atoms with Crippen LogP contribution in [0.5, 0.6) is 5.75 Å². The highest BCUT2D eigenvalue weighted by Crippen LogP contribution is 2.24. The number of carbonyl (C=O) groups is 1. The summed E-state index contributed by atoms with van der Waals surface area (Å²) < 4.78 is 28.2. The van der Waals surface area contributed by atoms with Crippen LogP contribution < -0.4 is 15.2 Å². The molecule has 100 valence electrons. The van der Waals surface area contributed by atoms with E-state index >= 15 is 0 Å². The molecule has 0 radical (unpaired) electrons. The van der Waals surface area contributed by atoms with Crippen LogP contribution in [-0.2, 0) is 14.8 Å². The normalized spacial score (nSPS) is 12.9. The second-order valence-corrected chi connectivity index (χ2v) is 5.40. The molecule has 0 aliphatic heterocycles. The van der Waals surface area contributed by atoms with E-state index in [-0.39, 0.29) is 16.6 Å². The second-order valence-electron chi connectivity index (χ2n) is 3.87. The maximum Gasteiger partial charge on any atom is 0.260 e. The van der Waals surface area contributed by atoms with E-state index in [0.717, 1.165) is 5.56 Å². The van der Waals surface area contributed by atoms with E-state index < -0.39 is 16.1 Å². The molecule has 1 unspecified atom stereocenters. The second kappa shape index (κ2) is 5.36. The molecule has 7 heteroatoms. The number of hydrogen-bond acceptors (Lipinski definition) is 4. The van der Waals surface area contributed by atoms with Crippen LogP contribution in [0.1, 0.15) is 12.5 Å². The van der Waals surface area contributed by atoms with Crippen molar-refractivity contribution >= 4 is 15.9 Å². The standard InChI is InChI=1S/C11H16N2O4S/c1-7-4-5-9(10(6-7)18(12,15)16)17-8(2)11(14)13-3/h4-6,8H,1-3H3,(H,13,14)(H2,12,15,16). The van der Waals surface area contributed by atoms with E-state index in [2.05, 4.69) is 5.32 Å². The number of ether oxygens (including phenoxy) is 1. The summed E-state index contributed by atoms with van der Waals surface area (Å²) in [5.41, 5.74) is 0.735. The zero-order valence-corrected chi connectivity index (χ0v) is 11.2. The maximum absolute atomic E-state index is 11.4.